The van der Waals surface area contributed by atoms with Gasteiger partial charge in [0.05, 0.1) is 10.6 Å². The molecule has 6 heteroatoms. The quantitative estimate of drug-likeness (QED) is 0.787. The van der Waals surface area contributed by atoms with E-state index in [4.69, 9.17) is 0 Å². The predicted octanol–water partition coefficient (Wildman–Crippen LogP) is 2.52. The molecule has 2 rings (SSSR count). The average molecular weight is 303 g/mol. The van der Waals surface area contributed by atoms with Gasteiger partial charge in [0.15, 0.2) is 21.5 Å². The lowest BCUT2D eigenvalue weighted by Crippen LogP contribution is -2.38. The van der Waals surface area contributed by atoms with Crippen LogP contribution in [0.1, 0.15) is 26.2 Å². The topological polar surface area (TPSA) is 46.2 Å². The molecule has 1 aliphatic carbocycles. The molecule has 20 heavy (non-hydrogen) atoms. The van der Waals surface area contributed by atoms with Crippen molar-refractivity contribution in [3.8, 4) is 0 Å². The van der Waals surface area contributed by atoms with E-state index < -0.39 is 21.5 Å². The third-order valence-electron chi connectivity index (χ3n) is 3.50. The van der Waals surface area contributed by atoms with Crippen molar-refractivity contribution in [3.63, 3.8) is 0 Å². The van der Waals surface area contributed by atoms with Crippen LogP contribution in [-0.4, -0.2) is 26.8 Å². The first-order chi connectivity index (χ1) is 9.44. The van der Waals surface area contributed by atoms with E-state index in [0.717, 1.165) is 44.0 Å². The highest BCUT2D eigenvalue weighted by molar-refractivity contribution is 7.91. The zero-order chi connectivity index (χ0) is 14.8. The van der Waals surface area contributed by atoms with Gasteiger partial charge in [-0.05, 0) is 49.9 Å². The fourth-order valence-corrected chi connectivity index (χ4v) is 3.81. The predicted molar refractivity (Wildman–Crippen MR) is 73.2 cm³/mol. The first-order valence-electron chi connectivity index (χ1n) is 6.85. The molecule has 3 nitrogen and oxygen atoms in total. The Hall–Kier alpha value is -1.01. The van der Waals surface area contributed by atoms with Gasteiger partial charge in [0.25, 0.3) is 0 Å². The van der Waals surface area contributed by atoms with E-state index in [1.165, 1.54) is 0 Å². The van der Waals surface area contributed by atoms with Gasteiger partial charge in [-0.15, -0.1) is 0 Å². The van der Waals surface area contributed by atoms with Gasteiger partial charge in [0.2, 0.25) is 0 Å². The molecule has 0 bridgehead atoms. The summed E-state index contributed by atoms with van der Waals surface area (Å²) in [6, 6.07) is 2.63. The van der Waals surface area contributed by atoms with Crippen LogP contribution in [-0.2, 0) is 9.84 Å². The summed E-state index contributed by atoms with van der Waals surface area (Å²) in [5.41, 5.74) is 0. The van der Waals surface area contributed by atoms with Gasteiger partial charge in [-0.1, -0.05) is 6.92 Å². The average Bonchev–Trinajstić information content (AvgIpc) is 3.22. The second kappa shape index (κ2) is 6.18. The van der Waals surface area contributed by atoms with Crippen LogP contribution in [0, 0.1) is 17.6 Å². The summed E-state index contributed by atoms with van der Waals surface area (Å²) in [5.74, 6) is -1.85. The van der Waals surface area contributed by atoms with Crippen LogP contribution in [0.15, 0.2) is 23.1 Å². The van der Waals surface area contributed by atoms with E-state index in [9.17, 15) is 17.2 Å². The monoisotopic (exact) mass is 303 g/mol. The van der Waals surface area contributed by atoms with Crippen LogP contribution in [0.2, 0.25) is 0 Å². The van der Waals surface area contributed by atoms with Crippen LogP contribution < -0.4 is 5.32 Å². The molecule has 1 saturated carbocycles. The van der Waals surface area contributed by atoms with E-state index >= 15 is 0 Å². The summed E-state index contributed by atoms with van der Waals surface area (Å²) in [4.78, 5) is -0.152. The largest absolute Gasteiger partial charge is 0.313 e. The zero-order valence-corrected chi connectivity index (χ0v) is 12.2. The van der Waals surface area contributed by atoms with Crippen molar-refractivity contribution in [2.45, 2.75) is 37.1 Å². The number of rotatable bonds is 7. The molecule has 1 aromatic carbocycles. The molecule has 0 saturated heterocycles. The van der Waals surface area contributed by atoms with Gasteiger partial charge in [-0.25, -0.2) is 17.2 Å². The summed E-state index contributed by atoms with van der Waals surface area (Å²) in [6.07, 6.45) is 2.97. The van der Waals surface area contributed by atoms with Crippen LogP contribution in [0.3, 0.4) is 0 Å². The molecular formula is C14H19F2NO2S. The molecule has 0 amide bonds. The summed E-state index contributed by atoms with van der Waals surface area (Å²) < 4.78 is 50.6. The van der Waals surface area contributed by atoms with Crippen LogP contribution in [0.4, 0.5) is 8.78 Å². The molecule has 0 aromatic heterocycles. The third kappa shape index (κ3) is 3.76. The van der Waals surface area contributed by atoms with Gasteiger partial charge < -0.3 is 5.32 Å². The maximum absolute atomic E-state index is 13.2. The molecule has 1 aliphatic rings. The van der Waals surface area contributed by atoms with Gasteiger partial charge >= 0.3 is 0 Å². The number of halogens is 2. The van der Waals surface area contributed by atoms with Gasteiger partial charge in [0.1, 0.15) is 0 Å². The summed E-state index contributed by atoms with van der Waals surface area (Å²) in [6.45, 7) is 2.77. The molecule has 0 spiro atoms. The Labute approximate surface area is 118 Å². The first kappa shape index (κ1) is 15.4. The van der Waals surface area contributed by atoms with Crippen molar-refractivity contribution >= 4 is 9.84 Å². The lowest BCUT2D eigenvalue weighted by atomic mass is 10.2. The molecule has 0 heterocycles. The number of hydrogen-bond acceptors (Lipinski definition) is 3. The van der Waals surface area contributed by atoms with Gasteiger partial charge in [0, 0.05) is 6.04 Å². The van der Waals surface area contributed by atoms with Crippen molar-refractivity contribution in [1.29, 1.82) is 0 Å². The first-order valence-corrected chi connectivity index (χ1v) is 8.50. The Balaban J connectivity index is 2.14. The fraction of sp³-hybridized carbons (Fsp3) is 0.571. The molecule has 112 valence electrons. The van der Waals surface area contributed by atoms with Crippen molar-refractivity contribution in [3.05, 3.63) is 29.8 Å². The van der Waals surface area contributed by atoms with E-state index in [0.29, 0.717) is 5.92 Å². The van der Waals surface area contributed by atoms with Gasteiger partial charge in [-0.3, -0.25) is 0 Å². The minimum absolute atomic E-state index is 0.0667. The molecule has 1 N–H and O–H groups in total. The number of hydrogen-bond donors (Lipinski definition) is 1. The standard InChI is InChI=1S/C14H19F2NO2S/c1-2-7-17-14(10-3-4-10)9-20(18,19)11-5-6-12(15)13(16)8-11/h5-6,8,10,14,17H,2-4,7,9H2,1H3. The van der Waals surface area contributed by atoms with Crippen molar-refractivity contribution in [2.75, 3.05) is 12.3 Å². The van der Waals surface area contributed by atoms with E-state index in [1.54, 1.807) is 0 Å². The highest BCUT2D eigenvalue weighted by Gasteiger charge is 2.34. The lowest BCUT2D eigenvalue weighted by Gasteiger charge is -2.18. The Morgan fingerprint density at radius 1 is 1.30 bits per heavy atom. The van der Waals surface area contributed by atoms with Crippen LogP contribution in [0.5, 0.6) is 0 Å². The van der Waals surface area contributed by atoms with Crippen molar-refractivity contribution in [2.24, 2.45) is 5.92 Å². The summed E-state index contributed by atoms with van der Waals surface area (Å²) >= 11 is 0. The molecule has 1 fully saturated rings. The van der Waals surface area contributed by atoms with Crippen LogP contribution in [0.25, 0.3) is 0 Å². The molecule has 1 unspecified atom stereocenters. The molecule has 1 aromatic rings. The highest BCUT2D eigenvalue weighted by atomic mass is 32.2. The minimum Gasteiger partial charge on any atom is -0.313 e. The summed E-state index contributed by atoms with van der Waals surface area (Å²) in [5, 5.41) is 3.24. The zero-order valence-electron chi connectivity index (χ0n) is 11.4. The third-order valence-corrected chi connectivity index (χ3v) is 5.27. The smallest absolute Gasteiger partial charge is 0.180 e. The fourth-order valence-electron chi connectivity index (χ4n) is 2.19. The lowest BCUT2D eigenvalue weighted by molar-refractivity contribution is 0.487. The molecule has 0 aliphatic heterocycles. The number of benzene rings is 1. The van der Waals surface area contributed by atoms with Crippen molar-refractivity contribution in [1.82, 2.24) is 5.32 Å². The van der Waals surface area contributed by atoms with E-state index in [-0.39, 0.29) is 16.7 Å². The Kier molecular flexibility index (Phi) is 4.75. The second-order valence-corrected chi connectivity index (χ2v) is 7.29. The maximum Gasteiger partial charge on any atom is 0.180 e. The number of nitrogens with one attached hydrogen (secondary N) is 1. The van der Waals surface area contributed by atoms with Crippen molar-refractivity contribution < 1.29 is 17.2 Å². The van der Waals surface area contributed by atoms with Crippen LogP contribution >= 0.6 is 0 Å². The Morgan fingerprint density at radius 2 is 2.00 bits per heavy atom. The summed E-state index contributed by atoms with van der Waals surface area (Å²) in [7, 11) is -3.60. The number of sulfone groups is 1. The van der Waals surface area contributed by atoms with Gasteiger partial charge in [-0.2, -0.15) is 0 Å². The van der Waals surface area contributed by atoms with E-state index in [2.05, 4.69) is 5.32 Å². The molecular weight excluding hydrogens is 284 g/mol. The normalized spacial score (nSPS) is 17.1. The SMILES string of the molecule is CCCNC(CS(=O)(=O)c1ccc(F)c(F)c1)C1CC1. The minimum atomic E-state index is -3.60. The Bertz CT molecular complexity index is 571. The molecule has 0 radical (unpaired) electrons. The van der Waals surface area contributed by atoms with E-state index in [1.807, 2.05) is 6.92 Å². The molecule has 1 atom stereocenters. The maximum atomic E-state index is 13.2. The highest BCUT2D eigenvalue weighted by Crippen LogP contribution is 2.34. The Morgan fingerprint density at radius 3 is 2.55 bits per heavy atom. The second-order valence-electron chi connectivity index (χ2n) is 5.26.